The fourth-order valence-corrected chi connectivity index (χ4v) is 3.55. The Hall–Kier alpha value is -2.21. The number of aromatic nitrogens is 2. The molecule has 0 radical (unpaired) electrons. The second kappa shape index (κ2) is 6.83. The lowest BCUT2D eigenvalue weighted by atomic mass is 9.90. The van der Waals surface area contributed by atoms with E-state index in [0.717, 1.165) is 33.9 Å². The quantitative estimate of drug-likeness (QED) is 0.752. The predicted molar refractivity (Wildman–Crippen MR) is 106 cm³/mol. The molecule has 1 aromatic heterocycles. The van der Waals surface area contributed by atoms with Gasteiger partial charge in [-0.15, -0.1) is 0 Å². The van der Waals surface area contributed by atoms with Crippen LogP contribution < -0.4 is 0 Å². The highest BCUT2D eigenvalue weighted by Gasteiger charge is 2.29. The van der Waals surface area contributed by atoms with E-state index in [4.69, 9.17) is 23.2 Å². The van der Waals surface area contributed by atoms with Crippen molar-refractivity contribution in [3.8, 4) is 0 Å². The molecule has 1 aliphatic carbocycles. The van der Waals surface area contributed by atoms with Crippen LogP contribution in [0.15, 0.2) is 63.6 Å². The van der Waals surface area contributed by atoms with E-state index in [-0.39, 0.29) is 0 Å². The number of aliphatic imine (C=N–C) groups is 2. The van der Waals surface area contributed by atoms with Crippen LogP contribution in [0.1, 0.15) is 17.0 Å². The Labute approximate surface area is 162 Å². The summed E-state index contributed by atoms with van der Waals surface area (Å²) < 4.78 is 2.10. The van der Waals surface area contributed by atoms with Gasteiger partial charge in [0.25, 0.3) is 0 Å². The molecule has 0 fully saturated rings. The van der Waals surface area contributed by atoms with E-state index in [2.05, 4.69) is 30.5 Å². The fraction of sp³-hybridized carbons (Fsp3) is 0.211. The van der Waals surface area contributed by atoms with Gasteiger partial charge < -0.3 is 4.57 Å². The van der Waals surface area contributed by atoms with E-state index >= 15 is 0 Å². The third-order valence-corrected chi connectivity index (χ3v) is 4.74. The van der Waals surface area contributed by atoms with E-state index in [1.54, 1.807) is 6.20 Å². The molecule has 26 heavy (non-hydrogen) atoms. The number of halogens is 2. The zero-order valence-electron chi connectivity index (χ0n) is 14.4. The molecular formula is C19H17Cl2N5. The monoisotopic (exact) mass is 385 g/mol. The smallest absolute Gasteiger partial charge is 0.148 e. The van der Waals surface area contributed by atoms with Crippen molar-refractivity contribution < 1.29 is 0 Å². The summed E-state index contributed by atoms with van der Waals surface area (Å²) in [5.41, 5.74) is 5.32. The lowest BCUT2D eigenvalue weighted by molar-refractivity contribution is 0.325. The molecule has 0 spiro atoms. The van der Waals surface area contributed by atoms with Crippen LogP contribution in [0.4, 0.5) is 0 Å². The molecule has 0 saturated carbocycles. The third kappa shape index (κ3) is 3.03. The van der Waals surface area contributed by atoms with E-state index in [9.17, 15) is 0 Å². The fourth-order valence-electron chi connectivity index (χ4n) is 3.19. The van der Waals surface area contributed by atoms with E-state index in [1.807, 2.05) is 44.7 Å². The van der Waals surface area contributed by atoms with Crippen molar-refractivity contribution in [3.05, 3.63) is 75.6 Å². The number of fused-ring (bicyclic) bond motifs is 3. The van der Waals surface area contributed by atoms with Crippen molar-refractivity contribution in [3.63, 3.8) is 0 Å². The van der Waals surface area contributed by atoms with Crippen molar-refractivity contribution in [2.24, 2.45) is 9.98 Å². The van der Waals surface area contributed by atoms with Crippen molar-refractivity contribution in [1.29, 1.82) is 0 Å². The Kier molecular flexibility index (Phi) is 4.53. The zero-order valence-corrected chi connectivity index (χ0v) is 16.0. The molecule has 1 aliphatic heterocycles. The van der Waals surface area contributed by atoms with Crippen molar-refractivity contribution >= 4 is 34.6 Å². The predicted octanol–water partition coefficient (Wildman–Crippen LogP) is 3.87. The Morgan fingerprint density at radius 3 is 2.73 bits per heavy atom. The molecule has 1 aromatic carbocycles. The minimum Gasteiger partial charge on any atom is -0.315 e. The summed E-state index contributed by atoms with van der Waals surface area (Å²) in [7, 11) is 4.04. The van der Waals surface area contributed by atoms with Gasteiger partial charge in [0.15, 0.2) is 0 Å². The normalized spacial score (nSPS) is 16.2. The summed E-state index contributed by atoms with van der Waals surface area (Å²) in [5, 5.41) is 0.952. The third-order valence-electron chi connectivity index (χ3n) is 4.23. The molecule has 0 bridgehead atoms. The van der Waals surface area contributed by atoms with Crippen molar-refractivity contribution in [2.45, 2.75) is 13.1 Å². The molecule has 0 N–H and O–H groups in total. The highest BCUT2D eigenvalue weighted by Crippen LogP contribution is 2.30. The number of nitrogens with zero attached hydrogens (tertiary/aromatic N) is 5. The molecular weight excluding hydrogens is 369 g/mol. The van der Waals surface area contributed by atoms with Crippen LogP contribution in [-0.2, 0) is 13.1 Å². The van der Waals surface area contributed by atoms with Crippen LogP contribution >= 0.6 is 23.2 Å². The van der Waals surface area contributed by atoms with Gasteiger partial charge in [0.2, 0.25) is 0 Å². The van der Waals surface area contributed by atoms with Crippen LogP contribution in [0.5, 0.6) is 0 Å². The molecule has 0 saturated heterocycles. The summed E-state index contributed by atoms with van der Waals surface area (Å²) in [6, 6.07) is 7.63. The maximum absolute atomic E-state index is 6.43. The number of hydrogen-bond acceptors (Lipinski definition) is 4. The van der Waals surface area contributed by atoms with Crippen LogP contribution in [0.2, 0.25) is 5.02 Å². The van der Waals surface area contributed by atoms with Gasteiger partial charge >= 0.3 is 0 Å². The average Bonchev–Trinajstić information content (AvgIpc) is 2.92. The van der Waals surface area contributed by atoms with Crippen molar-refractivity contribution in [1.82, 2.24) is 14.5 Å². The summed E-state index contributed by atoms with van der Waals surface area (Å²) in [4.78, 5) is 15.8. The number of benzene rings is 1. The maximum Gasteiger partial charge on any atom is 0.148 e. The van der Waals surface area contributed by atoms with Crippen LogP contribution in [-0.4, -0.2) is 40.0 Å². The largest absolute Gasteiger partial charge is 0.315 e. The first-order chi connectivity index (χ1) is 12.5. The maximum atomic E-state index is 6.43. The highest BCUT2D eigenvalue weighted by molar-refractivity contribution is 6.42. The molecule has 5 nitrogen and oxygen atoms in total. The van der Waals surface area contributed by atoms with Gasteiger partial charge in [0.05, 0.1) is 42.0 Å². The van der Waals surface area contributed by atoms with Gasteiger partial charge in [-0.05, 0) is 20.2 Å². The Bertz CT molecular complexity index is 995. The molecule has 0 atom stereocenters. The lowest BCUT2D eigenvalue weighted by Crippen LogP contribution is -2.25. The van der Waals surface area contributed by atoms with Crippen LogP contribution in [0.3, 0.4) is 0 Å². The van der Waals surface area contributed by atoms with Gasteiger partial charge in [-0.3, -0.25) is 9.89 Å². The Morgan fingerprint density at radius 1 is 1.15 bits per heavy atom. The number of imidazole rings is 1. The average molecular weight is 386 g/mol. The zero-order chi connectivity index (χ0) is 18.3. The minimum absolute atomic E-state index is 0.322. The van der Waals surface area contributed by atoms with Gasteiger partial charge in [-0.2, -0.15) is 0 Å². The van der Waals surface area contributed by atoms with E-state index in [1.165, 1.54) is 0 Å². The molecule has 0 amide bonds. The van der Waals surface area contributed by atoms with Gasteiger partial charge in [0.1, 0.15) is 5.16 Å². The van der Waals surface area contributed by atoms with Crippen LogP contribution in [0, 0.1) is 0 Å². The first-order valence-electron chi connectivity index (χ1n) is 8.21. The van der Waals surface area contributed by atoms with Crippen LogP contribution in [0.25, 0.3) is 0 Å². The van der Waals surface area contributed by atoms with Crippen molar-refractivity contribution in [2.75, 3.05) is 14.1 Å². The first kappa shape index (κ1) is 17.2. The van der Waals surface area contributed by atoms with E-state index in [0.29, 0.717) is 23.3 Å². The van der Waals surface area contributed by atoms with Gasteiger partial charge in [-0.1, -0.05) is 47.5 Å². The second-order valence-corrected chi connectivity index (χ2v) is 7.22. The van der Waals surface area contributed by atoms with Gasteiger partial charge in [0, 0.05) is 22.6 Å². The molecule has 2 heterocycles. The molecule has 2 aliphatic rings. The van der Waals surface area contributed by atoms with E-state index < -0.39 is 0 Å². The summed E-state index contributed by atoms with van der Waals surface area (Å²) in [5.74, 6) is 0. The standard InChI is InChI=1S/C19H17Cl2N5/c1-25(2)11-26-10-23-15-8-7-13-17(12-5-3-4-6-14(12)20)24-16(21)9-22-18(13)19(15)26/h3-7,9-10H,8,11H2,1-2H3. The van der Waals surface area contributed by atoms with Gasteiger partial charge in [-0.25, -0.2) is 9.98 Å². The Morgan fingerprint density at radius 2 is 1.96 bits per heavy atom. The lowest BCUT2D eigenvalue weighted by Gasteiger charge is -2.21. The number of rotatable bonds is 3. The molecule has 132 valence electrons. The second-order valence-electron chi connectivity index (χ2n) is 6.42. The summed E-state index contributed by atoms with van der Waals surface area (Å²) >= 11 is 12.7. The molecule has 4 rings (SSSR count). The molecule has 0 unspecified atom stereocenters. The SMILES string of the molecule is CN(C)Cn1cnc2c1C1=NC=C(Cl)N=C(c3ccccc3Cl)C1=CC2. The summed E-state index contributed by atoms with van der Waals surface area (Å²) in [6.45, 7) is 0.713. The topological polar surface area (TPSA) is 45.8 Å². The minimum atomic E-state index is 0.322. The highest BCUT2D eigenvalue weighted by atomic mass is 35.5. The number of allylic oxidation sites excluding steroid dienone is 2. The summed E-state index contributed by atoms with van der Waals surface area (Å²) in [6.07, 6.45) is 6.24. The first-order valence-corrected chi connectivity index (χ1v) is 8.97. The Balaban J connectivity index is 1.88. The molecule has 7 heteroatoms. The number of hydrogen-bond donors (Lipinski definition) is 0. The molecule has 2 aromatic rings.